The Morgan fingerprint density at radius 3 is 2.24 bits per heavy atom. The van der Waals surface area contributed by atoms with E-state index in [1.165, 1.54) is 0 Å². The second-order valence-electron chi connectivity index (χ2n) is 5.17. The van der Waals surface area contributed by atoms with Crippen molar-refractivity contribution in [3.05, 3.63) is 59.3 Å². The standard InChI is InChI=1S/C19H17NO5/c1-22-14-7-4-12(5-8-14)18-20-16(19(21)25-18)10-13-6-9-15(23-2)11-17(13)24-3/h4-11H,1-3H3/b16-10-. The third-order valence-corrected chi connectivity index (χ3v) is 3.69. The van der Waals surface area contributed by atoms with Crippen molar-refractivity contribution in [1.82, 2.24) is 0 Å². The van der Waals surface area contributed by atoms with Crippen LogP contribution in [0.25, 0.3) is 6.08 Å². The Hall–Kier alpha value is -3.28. The number of rotatable bonds is 5. The van der Waals surface area contributed by atoms with E-state index in [1.54, 1.807) is 69.9 Å². The van der Waals surface area contributed by atoms with E-state index in [2.05, 4.69) is 4.99 Å². The first-order valence-corrected chi connectivity index (χ1v) is 7.53. The highest BCUT2D eigenvalue weighted by molar-refractivity contribution is 6.13. The molecular weight excluding hydrogens is 322 g/mol. The molecule has 1 aliphatic rings. The van der Waals surface area contributed by atoms with Crippen molar-refractivity contribution in [1.29, 1.82) is 0 Å². The van der Waals surface area contributed by atoms with Crippen LogP contribution in [0.15, 0.2) is 53.2 Å². The van der Waals surface area contributed by atoms with Gasteiger partial charge < -0.3 is 18.9 Å². The average molecular weight is 339 g/mol. The van der Waals surface area contributed by atoms with Crippen LogP contribution in [0.5, 0.6) is 17.2 Å². The molecule has 0 saturated heterocycles. The lowest BCUT2D eigenvalue weighted by atomic mass is 10.1. The predicted octanol–water partition coefficient (Wildman–Crippen LogP) is 3.06. The van der Waals surface area contributed by atoms with Crippen LogP contribution >= 0.6 is 0 Å². The van der Waals surface area contributed by atoms with E-state index in [1.807, 2.05) is 0 Å². The first-order chi connectivity index (χ1) is 12.1. The molecular formula is C19H17NO5. The van der Waals surface area contributed by atoms with Crippen molar-refractivity contribution in [2.24, 2.45) is 4.99 Å². The Kier molecular flexibility index (Phi) is 4.70. The van der Waals surface area contributed by atoms with Crippen molar-refractivity contribution in [3.63, 3.8) is 0 Å². The third-order valence-electron chi connectivity index (χ3n) is 3.69. The number of carbonyl (C=O) groups excluding carboxylic acids is 1. The first kappa shape index (κ1) is 16.6. The largest absolute Gasteiger partial charge is 0.497 e. The number of methoxy groups -OCH3 is 3. The highest BCUT2D eigenvalue weighted by Crippen LogP contribution is 2.28. The van der Waals surface area contributed by atoms with Crippen LogP contribution < -0.4 is 14.2 Å². The predicted molar refractivity (Wildman–Crippen MR) is 93.1 cm³/mol. The van der Waals surface area contributed by atoms with Gasteiger partial charge in [0, 0.05) is 17.2 Å². The van der Waals surface area contributed by atoms with E-state index in [9.17, 15) is 4.79 Å². The maximum absolute atomic E-state index is 12.1. The van der Waals surface area contributed by atoms with Crippen molar-refractivity contribution in [3.8, 4) is 17.2 Å². The number of hydrogen-bond donors (Lipinski definition) is 0. The maximum atomic E-state index is 12.1. The smallest absolute Gasteiger partial charge is 0.363 e. The number of nitrogens with zero attached hydrogens (tertiary/aromatic N) is 1. The van der Waals surface area contributed by atoms with Crippen LogP contribution in [0.1, 0.15) is 11.1 Å². The molecule has 0 bridgehead atoms. The molecule has 0 aliphatic carbocycles. The molecule has 25 heavy (non-hydrogen) atoms. The van der Waals surface area contributed by atoms with Crippen molar-refractivity contribution in [2.45, 2.75) is 0 Å². The molecule has 0 radical (unpaired) electrons. The van der Waals surface area contributed by atoms with E-state index in [-0.39, 0.29) is 11.6 Å². The number of ether oxygens (including phenoxy) is 4. The van der Waals surface area contributed by atoms with Gasteiger partial charge in [0.05, 0.1) is 21.3 Å². The summed E-state index contributed by atoms with van der Waals surface area (Å²) in [5, 5.41) is 0. The second kappa shape index (κ2) is 7.09. The quantitative estimate of drug-likeness (QED) is 0.619. The number of carbonyl (C=O) groups is 1. The molecule has 6 heteroatoms. The minimum Gasteiger partial charge on any atom is -0.497 e. The Morgan fingerprint density at radius 2 is 1.60 bits per heavy atom. The van der Waals surface area contributed by atoms with Crippen molar-refractivity contribution < 1.29 is 23.7 Å². The van der Waals surface area contributed by atoms with Gasteiger partial charge in [-0.05, 0) is 42.5 Å². The SMILES string of the molecule is COc1ccc(C2=N/C(=C\c3ccc(OC)cc3OC)C(=O)O2)cc1. The maximum Gasteiger partial charge on any atom is 0.363 e. The molecule has 2 aromatic carbocycles. The van der Waals surface area contributed by atoms with Gasteiger partial charge in [0.25, 0.3) is 0 Å². The van der Waals surface area contributed by atoms with Gasteiger partial charge in [-0.1, -0.05) is 0 Å². The van der Waals surface area contributed by atoms with Gasteiger partial charge in [-0.3, -0.25) is 0 Å². The number of cyclic esters (lactones) is 1. The summed E-state index contributed by atoms with van der Waals surface area (Å²) in [4.78, 5) is 16.4. The molecule has 2 aromatic rings. The normalized spacial score (nSPS) is 14.9. The highest BCUT2D eigenvalue weighted by atomic mass is 16.6. The molecule has 6 nitrogen and oxygen atoms in total. The summed E-state index contributed by atoms with van der Waals surface area (Å²) in [7, 11) is 4.72. The minimum absolute atomic E-state index is 0.203. The van der Waals surface area contributed by atoms with E-state index < -0.39 is 5.97 Å². The molecule has 0 amide bonds. The molecule has 0 saturated carbocycles. The van der Waals surface area contributed by atoms with Gasteiger partial charge in [0.1, 0.15) is 17.2 Å². The summed E-state index contributed by atoms with van der Waals surface area (Å²) in [5.74, 6) is 1.70. The number of hydrogen-bond acceptors (Lipinski definition) is 6. The molecule has 0 aromatic heterocycles. The van der Waals surface area contributed by atoms with Crippen LogP contribution in [0, 0.1) is 0 Å². The number of esters is 1. The van der Waals surface area contributed by atoms with Gasteiger partial charge >= 0.3 is 5.97 Å². The van der Waals surface area contributed by atoms with Gasteiger partial charge in [0.15, 0.2) is 5.70 Å². The lowest BCUT2D eigenvalue weighted by Crippen LogP contribution is -2.05. The summed E-state index contributed by atoms with van der Waals surface area (Å²) in [6.07, 6.45) is 1.62. The van der Waals surface area contributed by atoms with Crippen LogP contribution in [0.4, 0.5) is 0 Å². The van der Waals surface area contributed by atoms with Gasteiger partial charge in [0.2, 0.25) is 5.90 Å². The first-order valence-electron chi connectivity index (χ1n) is 7.53. The third kappa shape index (κ3) is 3.47. The van der Waals surface area contributed by atoms with E-state index in [0.29, 0.717) is 28.4 Å². The fourth-order valence-electron chi connectivity index (χ4n) is 2.35. The number of benzene rings is 2. The monoisotopic (exact) mass is 339 g/mol. The van der Waals surface area contributed by atoms with Crippen LogP contribution in [0.2, 0.25) is 0 Å². The Bertz CT molecular complexity index is 853. The topological polar surface area (TPSA) is 66.3 Å². The summed E-state index contributed by atoms with van der Waals surface area (Å²) in [6, 6.07) is 12.4. The Balaban J connectivity index is 1.92. The zero-order chi connectivity index (χ0) is 17.8. The zero-order valence-corrected chi connectivity index (χ0v) is 14.1. The highest BCUT2D eigenvalue weighted by Gasteiger charge is 2.24. The summed E-state index contributed by atoms with van der Waals surface area (Å²) in [6.45, 7) is 0. The van der Waals surface area contributed by atoms with Crippen LogP contribution in [-0.2, 0) is 9.53 Å². The Morgan fingerprint density at radius 1 is 0.920 bits per heavy atom. The van der Waals surface area contributed by atoms with E-state index in [0.717, 1.165) is 0 Å². The lowest BCUT2D eigenvalue weighted by Gasteiger charge is -2.07. The summed E-state index contributed by atoms with van der Waals surface area (Å²) in [5.41, 5.74) is 1.60. The fourth-order valence-corrected chi connectivity index (χ4v) is 2.35. The lowest BCUT2D eigenvalue weighted by molar-refractivity contribution is -0.129. The molecule has 1 aliphatic heterocycles. The molecule has 128 valence electrons. The minimum atomic E-state index is -0.510. The van der Waals surface area contributed by atoms with Gasteiger partial charge in [-0.2, -0.15) is 0 Å². The van der Waals surface area contributed by atoms with E-state index in [4.69, 9.17) is 18.9 Å². The summed E-state index contributed by atoms with van der Waals surface area (Å²) >= 11 is 0. The Labute approximate surface area is 145 Å². The molecule has 0 atom stereocenters. The van der Waals surface area contributed by atoms with Gasteiger partial charge in [-0.25, -0.2) is 9.79 Å². The molecule has 0 spiro atoms. The van der Waals surface area contributed by atoms with E-state index >= 15 is 0 Å². The van der Waals surface area contributed by atoms with Crippen molar-refractivity contribution >= 4 is 17.9 Å². The molecule has 0 fully saturated rings. The molecule has 3 rings (SSSR count). The van der Waals surface area contributed by atoms with Crippen LogP contribution in [-0.4, -0.2) is 33.2 Å². The second-order valence-corrected chi connectivity index (χ2v) is 5.17. The molecule has 1 heterocycles. The summed E-state index contributed by atoms with van der Waals surface area (Å²) < 4.78 is 20.9. The molecule has 0 unspecified atom stereocenters. The van der Waals surface area contributed by atoms with Crippen LogP contribution in [0.3, 0.4) is 0 Å². The molecule has 0 N–H and O–H groups in total. The van der Waals surface area contributed by atoms with Gasteiger partial charge in [-0.15, -0.1) is 0 Å². The number of aliphatic imine (C=N–C) groups is 1. The van der Waals surface area contributed by atoms with Crippen molar-refractivity contribution in [2.75, 3.05) is 21.3 Å². The average Bonchev–Trinajstić information content (AvgIpc) is 3.02. The fraction of sp³-hybridized carbons (Fsp3) is 0.158. The zero-order valence-electron chi connectivity index (χ0n) is 14.1.